The molecule has 1 amide bonds. The van der Waals surface area contributed by atoms with Gasteiger partial charge in [0.1, 0.15) is 0 Å². The maximum atomic E-state index is 12.1. The summed E-state index contributed by atoms with van der Waals surface area (Å²) in [6.07, 6.45) is 1.03. The molecule has 1 N–H and O–H groups in total. The number of nitrogens with one attached hydrogen (secondary N) is 1. The number of hydrogen-bond acceptors (Lipinski definition) is 4. The van der Waals surface area contributed by atoms with Gasteiger partial charge in [0, 0.05) is 35.5 Å². The summed E-state index contributed by atoms with van der Waals surface area (Å²) >= 11 is 6.59. The Balaban J connectivity index is 1.51. The number of amides is 1. The summed E-state index contributed by atoms with van der Waals surface area (Å²) in [7, 11) is 0. The summed E-state index contributed by atoms with van der Waals surface area (Å²) in [5, 5.41) is 9.37. The Morgan fingerprint density at radius 2 is 2.40 bits per heavy atom. The standard InChI is InChI=1S/C14H15BrN2OS2/c15-11-5-13(20-9-11)14(18)16-12-1-3-17(7-12)6-10-2-4-19-8-10/h2,4-5,8-9,12H,1,3,6-7H2,(H,16,18). The average molecular weight is 371 g/mol. The summed E-state index contributed by atoms with van der Waals surface area (Å²) in [4.78, 5) is 15.3. The zero-order valence-corrected chi connectivity index (χ0v) is 14.1. The van der Waals surface area contributed by atoms with Gasteiger partial charge in [0.15, 0.2) is 0 Å². The molecule has 6 heteroatoms. The molecular formula is C14H15BrN2OS2. The predicted octanol–water partition coefficient (Wildman–Crippen LogP) is 3.58. The lowest BCUT2D eigenvalue weighted by molar-refractivity contribution is 0.0941. The second-order valence-corrected chi connectivity index (χ2v) is 7.56. The number of carbonyl (C=O) groups is 1. The van der Waals surface area contributed by atoms with Crippen LogP contribution in [0.1, 0.15) is 21.7 Å². The van der Waals surface area contributed by atoms with Crippen LogP contribution in [-0.4, -0.2) is 29.9 Å². The predicted molar refractivity (Wildman–Crippen MR) is 87.5 cm³/mol. The maximum Gasteiger partial charge on any atom is 0.261 e. The highest BCUT2D eigenvalue weighted by atomic mass is 79.9. The smallest absolute Gasteiger partial charge is 0.261 e. The number of thiophene rings is 2. The Bertz CT molecular complexity index is 582. The summed E-state index contributed by atoms with van der Waals surface area (Å²) < 4.78 is 0.971. The van der Waals surface area contributed by atoms with Crippen LogP contribution in [0.3, 0.4) is 0 Å². The van der Waals surface area contributed by atoms with Crippen molar-refractivity contribution in [1.82, 2.24) is 10.2 Å². The molecule has 1 saturated heterocycles. The molecule has 2 aromatic rings. The first-order valence-electron chi connectivity index (χ1n) is 6.49. The van der Waals surface area contributed by atoms with Crippen LogP contribution >= 0.6 is 38.6 Å². The van der Waals surface area contributed by atoms with Crippen molar-refractivity contribution in [3.05, 3.63) is 43.2 Å². The van der Waals surface area contributed by atoms with Crippen LogP contribution in [0.5, 0.6) is 0 Å². The molecule has 0 bridgehead atoms. The van der Waals surface area contributed by atoms with Gasteiger partial charge in [-0.2, -0.15) is 11.3 Å². The summed E-state index contributed by atoms with van der Waals surface area (Å²) in [5.41, 5.74) is 1.36. The Labute approximate surface area is 134 Å². The van der Waals surface area contributed by atoms with Crippen molar-refractivity contribution in [2.45, 2.75) is 19.0 Å². The fourth-order valence-corrected chi connectivity index (χ4v) is 4.41. The van der Waals surface area contributed by atoms with Crippen LogP contribution in [0.4, 0.5) is 0 Å². The number of nitrogens with zero attached hydrogens (tertiary/aromatic N) is 1. The van der Waals surface area contributed by atoms with Crippen molar-refractivity contribution in [2.24, 2.45) is 0 Å². The third-order valence-electron chi connectivity index (χ3n) is 3.39. The van der Waals surface area contributed by atoms with Crippen LogP contribution < -0.4 is 5.32 Å². The Morgan fingerprint density at radius 3 is 3.10 bits per heavy atom. The largest absolute Gasteiger partial charge is 0.347 e. The summed E-state index contributed by atoms with van der Waals surface area (Å²) in [5.74, 6) is 0.0445. The zero-order chi connectivity index (χ0) is 13.9. The molecule has 1 aliphatic heterocycles. The van der Waals surface area contributed by atoms with Gasteiger partial charge in [-0.25, -0.2) is 0 Å². The van der Waals surface area contributed by atoms with Gasteiger partial charge < -0.3 is 5.32 Å². The fraction of sp³-hybridized carbons (Fsp3) is 0.357. The highest BCUT2D eigenvalue weighted by Gasteiger charge is 2.24. The SMILES string of the molecule is O=C(NC1CCN(Cc2ccsc2)C1)c1cc(Br)cs1. The zero-order valence-electron chi connectivity index (χ0n) is 10.8. The van der Waals surface area contributed by atoms with E-state index in [2.05, 4.69) is 43.0 Å². The van der Waals surface area contributed by atoms with Crippen molar-refractivity contribution in [3.8, 4) is 0 Å². The van der Waals surface area contributed by atoms with Crippen LogP contribution in [-0.2, 0) is 6.54 Å². The molecule has 1 fully saturated rings. The lowest BCUT2D eigenvalue weighted by atomic mass is 10.2. The summed E-state index contributed by atoms with van der Waals surface area (Å²) in [6.45, 7) is 2.98. The minimum absolute atomic E-state index is 0.0445. The molecule has 3 heterocycles. The number of hydrogen-bond donors (Lipinski definition) is 1. The second kappa shape index (κ2) is 6.39. The molecule has 1 aliphatic rings. The monoisotopic (exact) mass is 370 g/mol. The first-order chi connectivity index (χ1) is 9.70. The number of halogens is 1. The van der Waals surface area contributed by atoms with E-state index < -0.39 is 0 Å². The number of likely N-dealkylation sites (tertiary alicyclic amines) is 1. The van der Waals surface area contributed by atoms with Gasteiger partial charge >= 0.3 is 0 Å². The molecule has 0 radical (unpaired) electrons. The van der Waals surface area contributed by atoms with E-state index in [1.165, 1.54) is 16.9 Å². The van der Waals surface area contributed by atoms with Crippen LogP contribution in [0.2, 0.25) is 0 Å². The molecule has 3 rings (SSSR count). The highest BCUT2D eigenvalue weighted by molar-refractivity contribution is 9.10. The fourth-order valence-electron chi connectivity index (χ4n) is 2.42. The van der Waals surface area contributed by atoms with E-state index in [1.807, 2.05) is 11.4 Å². The van der Waals surface area contributed by atoms with E-state index in [-0.39, 0.29) is 11.9 Å². The Morgan fingerprint density at radius 1 is 1.50 bits per heavy atom. The van der Waals surface area contributed by atoms with Gasteiger partial charge in [0.25, 0.3) is 5.91 Å². The van der Waals surface area contributed by atoms with Crippen molar-refractivity contribution in [1.29, 1.82) is 0 Å². The van der Waals surface area contributed by atoms with Crippen molar-refractivity contribution in [3.63, 3.8) is 0 Å². The van der Waals surface area contributed by atoms with E-state index in [0.29, 0.717) is 0 Å². The molecule has 0 spiro atoms. The molecular weight excluding hydrogens is 356 g/mol. The average Bonchev–Trinajstić information content (AvgIpc) is 3.13. The minimum atomic E-state index is 0.0445. The third kappa shape index (κ3) is 3.49. The van der Waals surface area contributed by atoms with E-state index in [4.69, 9.17) is 0 Å². The van der Waals surface area contributed by atoms with Gasteiger partial charge in [-0.05, 0) is 50.8 Å². The first kappa shape index (κ1) is 14.3. The molecule has 20 heavy (non-hydrogen) atoms. The van der Waals surface area contributed by atoms with Gasteiger partial charge in [-0.1, -0.05) is 0 Å². The van der Waals surface area contributed by atoms with Gasteiger partial charge in [0.05, 0.1) is 4.88 Å². The van der Waals surface area contributed by atoms with Crippen LogP contribution in [0, 0.1) is 0 Å². The quantitative estimate of drug-likeness (QED) is 0.891. The second-order valence-electron chi connectivity index (χ2n) is 4.95. The van der Waals surface area contributed by atoms with E-state index in [0.717, 1.165) is 35.4 Å². The Kier molecular flexibility index (Phi) is 4.55. The van der Waals surface area contributed by atoms with E-state index >= 15 is 0 Å². The minimum Gasteiger partial charge on any atom is -0.347 e. The lowest BCUT2D eigenvalue weighted by Gasteiger charge is -2.15. The molecule has 1 atom stereocenters. The molecule has 1 unspecified atom stereocenters. The van der Waals surface area contributed by atoms with E-state index in [1.54, 1.807) is 11.3 Å². The molecule has 2 aromatic heterocycles. The third-order valence-corrected chi connectivity index (χ3v) is 5.81. The van der Waals surface area contributed by atoms with E-state index in [9.17, 15) is 4.79 Å². The molecule has 0 aromatic carbocycles. The van der Waals surface area contributed by atoms with Gasteiger partial charge in [-0.3, -0.25) is 9.69 Å². The topological polar surface area (TPSA) is 32.3 Å². The van der Waals surface area contributed by atoms with Gasteiger partial charge in [-0.15, -0.1) is 11.3 Å². The van der Waals surface area contributed by atoms with Crippen LogP contribution in [0.25, 0.3) is 0 Å². The first-order valence-corrected chi connectivity index (χ1v) is 9.10. The lowest BCUT2D eigenvalue weighted by Crippen LogP contribution is -2.36. The normalized spacial score (nSPS) is 19.4. The molecule has 106 valence electrons. The summed E-state index contributed by atoms with van der Waals surface area (Å²) in [6, 6.07) is 4.31. The van der Waals surface area contributed by atoms with Crippen molar-refractivity contribution < 1.29 is 4.79 Å². The maximum absolute atomic E-state index is 12.1. The van der Waals surface area contributed by atoms with Crippen molar-refractivity contribution >= 4 is 44.5 Å². The van der Waals surface area contributed by atoms with Crippen LogP contribution in [0.15, 0.2) is 32.7 Å². The van der Waals surface area contributed by atoms with Gasteiger partial charge in [0.2, 0.25) is 0 Å². The molecule has 0 aliphatic carbocycles. The van der Waals surface area contributed by atoms with Crippen molar-refractivity contribution in [2.75, 3.05) is 13.1 Å². The highest BCUT2D eigenvalue weighted by Crippen LogP contribution is 2.20. The number of carbonyl (C=O) groups excluding carboxylic acids is 1. The molecule has 3 nitrogen and oxygen atoms in total. The number of rotatable bonds is 4. The Hall–Kier alpha value is -0.690. The molecule has 0 saturated carbocycles.